The second-order valence-corrected chi connectivity index (χ2v) is 23.4. The summed E-state index contributed by atoms with van der Waals surface area (Å²) in [4.78, 5) is 38.3. The van der Waals surface area contributed by atoms with Crippen LogP contribution in [0.3, 0.4) is 0 Å². The molecule has 0 bridgehead atoms. The van der Waals surface area contributed by atoms with Crippen molar-refractivity contribution in [1.29, 1.82) is 0 Å². The van der Waals surface area contributed by atoms with Gasteiger partial charge in [-0.3, -0.25) is 14.4 Å². The Morgan fingerprint density at radius 2 is 0.519 bits per heavy atom. The molecule has 0 radical (unpaired) electrons. The summed E-state index contributed by atoms with van der Waals surface area (Å²) in [6.07, 6.45) is 87.0. The molecule has 0 aromatic heterocycles. The first-order valence-corrected chi connectivity index (χ1v) is 34.8. The van der Waals surface area contributed by atoms with Gasteiger partial charge in [0, 0.05) is 19.3 Å². The van der Waals surface area contributed by atoms with Crippen molar-refractivity contribution in [3.05, 3.63) is 60.8 Å². The molecule has 1 atom stereocenters. The number of carbonyl (C=O) groups excluding carboxylic acids is 3. The molecule has 0 aliphatic rings. The Hall–Kier alpha value is -2.89. The van der Waals surface area contributed by atoms with E-state index in [0.717, 1.165) is 64.2 Å². The normalized spacial score (nSPS) is 12.4. The molecule has 0 saturated carbocycles. The van der Waals surface area contributed by atoms with Crippen LogP contribution in [0.4, 0.5) is 0 Å². The third-order valence-electron chi connectivity index (χ3n) is 15.5. The van der Waals surface area contributed by atoms with Crippen LogP contribution in [0.1, 0.15) is 367 Å². The number of rotatable bonds is 64. The molecule has 0 heterocycles. The third-order valence-corrected chi connectivity index (χ3v) is 15.5. The van der Waals surface area contributed by atoms with E-state index >= 15 is 0 Å². The second-order valence-electron chi connectivity index (χ2n) is 23.4. The van der Waals surface area contributed by atoms with Crippen LogP contribution in [0.5, 0.6) is 0 Å². The van der Waals surface area contributed by atoms with E-state index in [1.165, 1.54) is 257 Å². The Kier molecular flexibility index (Phi) is 65.1. The molecule has 0 aliphatic carbocycles. The lowest BCUT2D eigenvalue weighted by Crippen LogP contribution is -2.30. The number of hydrogen-bond acceptors (Lipinski definition) is 6. The number of allylic oxidation sites excluding steroid dienone is 10. The van der Waals surface area contributed by atoms with Crippen molar-refractivity contribution in [2.75, 3.05) is 13.2 Å². The van der Waals surface area contributed by atoms with E-state index in [-0.39, 0.29) is 37.5 Å². The molecule has 0 saturated heterocycles. The van der Waals surface area contributed by atoms with Gasteiger partial charge < -0.3 is 14.2 Å². The lowest BCUT2D eigenvalue weighted by molar-refractivity contribution is -0.166. The van der Waals surface area contributed by atoms with Gasteiger partial charge in [0.15, 0.2) is 6.10 Å². The Morgan fingerprint density at radius 1 is 0.266 bits per heavy atom. The SMILES string of the molecule is CC/C=C\C/C=C\C/C=C\C/C=C\CCC(=O)OCC(COC(=O)CCCCCCCCCCCCCCCCC/C=C\CCCCCCCCCC)OC(=O)CCCCCCCCCCCCCCCCCCCCCCC. The van der Waals surface area contributed by atoms with Gasteiger partial charge in [0.05, 0.1) is 0 Å². The second kappa shape index (κ2) is 67.6. The standard InChI is InChI=1S/C73H132O6/c1-4-7-10-13-16-19-22-25-27-29-31-33-34-35-36-37-38-40-41-43-45-48-51-54-57-60-63-66-72(75)78-69-70(68-77-71(74)65-62-59-56-53-50-47-24-21-18-15-12-9-6-3)79-73(76)67-64-61-58-55-52-49-46-44-42-39-32-30-28-26-23-20-17-14-11-8-5-2/h9,12,18,21,29,31,47,50,56,59,70H,4-8,10-11,13-17,19-20,22-28,30,32-46,48-49,51-55,57-58,60-69H2,1-3H3/b12-9-,21-18-,31-29-,50-47-,59-56-. The third kappa shape index (κ3) is 65.8. The van der Waals surface area contributed by atoms with Crippen molar-refractivity contribution in [3.8, 4) is 0 Å². The molecule has 1 unspecified atom stereocenters. The maximum Gasteiger partial charge on any atom is 0.306 e. The van der Waals surface area contributed by atoms with Gasteiger partial charge in [0.25, 0.3) is 0 Å². The quantitative estimate of drug-likeness (QED) is 0.0261. The molecule has 0 aromatic carbocycles. The molecular weight excluding hydrogens is 973 g/mol. The molecule has 6 nitrogen and oxygen atoms in total. The topological polar surface area (TPSA) is 78.9 Å². The van der Waals surface area contributed by atoms with Crippen LogP contribution in [0.25, 0.3) is 0 Å². The summed E-state index contributed by atoms with van der Waals surface area (Å²) in [5.41, 5.74) is 0. The van der Waals surface area contributed by atoms with Crippen molar-refractivity contribution in [3.63, 3.8) is 0 Å². The Balaban J connectivity index is 4.25. The van der Waals surface area contributed by atoms with Gasteiger partial charge in [0.1, 0.15) is 13.2 Å². The van der Waals surface area contributed by atoms with Gasteiger partial charge in [0.2, 0.25) is 0 Å². The van der Waals surface area contributed by atoms with Crippen LogP contribution in [0.15, 0.2) is 60.8 Å². The molecule has 0 rings (SSSR count). The number of hydrogen-bond donors (Lipinski definition) is 0. The monoisotopic (exact) mass is 1110 g/mol. The Labute approximate surface area is 491 Å². The van der Waals surface area contributed by atoms with Crippen LogP contribution in [0.2, 0.25) is 0 Å². The summed E-state index contributed by atoms with van der Waals surface area (Å²) in [5.74, 6) is -0.954. The fourth-order valence-electron chi connectivity index (χ4n) is 10.3. The van der Waals surface area contributed by atoms with Crippen molar-refractivity contribution in [2.45, 2.75) is 374 Å². The molecule has 79 heavy (non-hydrogen) atoms. The molecule has 0 N–H and O–H groups in total. The Morgan fingerprint density at radius 3 is 0.848 bits per heavy atom. The largest absolute Gasteiger partial charge is 0.462 e. The number of esters is 3. The fourth-order valence-corrected chi connectivity index (χ4v) is 10.3. The Bertz CT molecular complexity index is 1410. The van der Waals surface area contributed by atoms with Crippen LogP contribution in [0, 0.1) is 0 Å². The zero-order valence-electron chi connectivity index (χ0n) is 52.9. The van der Waals surface area contributed by atoms with E-state index in [4.69, 9.17) is 14.2 Å². The molecule has 0 fully saturated rings. The van der Waals surface area contributed by atoms with Gasteiger partial charge in [-0.15, -0.1) is 0 Å². The summed E-state index contributed by atoms with van der Waals surface area (Å²) in [6, 6.07) is 0. The summed E-state index contributed by atoms with van der Waals surface area (Å²) in [5, 5.41) is 0. The number of ether oxygens (including phenoxy) is 3. The van der Waals surface area contributed by atoms with Crippen LogP contribution in [-0.2, 0) is 28.6 Å². The molecule has 0 aromatic rings. The van der Waals surface area contributed by atoms with Crippen LogP contribution >= 0.6 is 0 Å². The first-order chi connectivity index (χ1) is 39.0. The zero-order valence-corrected chi connectivity index (χ0v) is 52.9. The minimum Gasteiger partial charge on any atom is -0.462 e. The highest BCUT2D eigenvalue weighted by Crippen LogP contribution is 2.18. The molecule has 0 spiro atoms. The van der Waals surface area contributed by atoms with E-state index in [1.54, 1.807) is 0 Å². The molecule has 460 valence electrons. The predicted molar refractivity (Wildman–Crippen MR) is 344 cm³/mol. The smallest absolute Gasteiger partial charge is 0.306 e. The summed E-state index contributed by atoms with van der Waals surface area (Å²) in [7, 11) is 0. The maximum atomic E-state index is 12.9. The summed E-state index contributed by atoms with van der Waals surface area (Å²) in [6.45, 7) is 6.52. The van der Waals surface area contributed by atoms with Gasteiger partial charge in [-0.25, -0.2) is 0 Å². The van der Waals surface area contributed by atoms with Gasteiger partial charge in [-0.1, -0.05) is 338 Å². The minimum atomic E-state index is -0.802. The molecule has 0 aliphatic heterocycles. The first-order valence-electron chi connectivity index (χ1n) is 34.8. The average molecular weight is 1110 g/mol. The number of unbranched alkanes of at least 4 members (excludes halogenated alkanes) is 43. The van der Waals surface area contributed by atoms with Crippen molar-refractivity contribution in [1.82, 2.24) is 0 Å². The highest BCUT2D eigenvalue weighted by atomic mass is 16.6. The van der Waals surface area contributed by atoms with Crippen molar-refractivity contribution < 1.29 is 28.6 Å². The van der Waals surface area contributed by atoms with Gasteiger partial charge >= 0.3 is 17.9 Å². The van der Waals surface area contributed by atoms with E-state index in [9.17, 15) is 14.4 Å². The first kappa shape index (κ1) is 76.1. The fraction of sp³-hybridized carbons (Fsp3) is 0.822. The van der Waals surface area contributed by atoms with E-state index in [0.29, 0.717) is 19.3 Å². The lowest BCUT2D eigenvalue weighted by Gasteiger charge is -2.18. The average Bonchev–Trinajstić information content (AvgIpc) is 3.45. The molecule has 0 amide bonds. The van der Waals surface area contributed by atoms with Gasteiger partial charge in [-0.05, 0) is 70.6 Å². The van der Waals surface area contributed by atoms with E-state index < -0.39 is 6.10 Å². The van der Waals surface area contributed by atoms with Crippen LogP contribution < -0.4 is 0 Å². The molecular formula is C73H132O6. The predicted octanol–water partition coefficient (Wildman–Crippen LogP) is 23.9. The van der Waals surface area contributed by atoms with Crippen molar-refractivity contribution >= 4 is 17.9 Å². The highest BCUT2D eigenvalue weighted by molar-refractivity contribution is 5.71. The minimum absolute atomic E-state index is 0.0919. The maximum absolute atomic E-state index is 12.9. The number of carbonyl (C=O) groups is 3. The summed E-state index contributed by atoms with van der Waals surface area (Å²) < 4.78 is 16.9. The summed E-state index contributed by atoms with van der Waals surface area (Å²) >= 11 is 0. The van der Waals surface area contributed by atoms with E-state index in [2.05, 4.69) is 75.5 Å². The highest BCUT2D eigenvalue weighted by Gasteiger charge is 2.19. The van der Waals surface area contributed by atoms with Gasteiger partial charge in [-0.2, -0.15) is 0 Å². The zero-order chi connectivity index (χ0) is 57.1. The lowest BCUT2D eigenvalue weighted by atomic mass is 10.0. The van der Waals surface area contributed by atoms with E-state index in [1.807, 2.05) is 6.08 Å². The molecule has 6 heteroatoms. The van der Waals surface area contributed by atoms with Crippen molar-refractivity contribution in [2.24, 2.45) is 0 Å². The van der Waals surface area contributed by atoms with Crippen LogP contribution in [-0.4, -0.2) is 37.2 Å².